The van der Waals surface area contributed by atoms with Crippen molar-refractivity contribution >= 4 is 23.3 Å². The second kappa shape index (κ2) is 4.94. The van der Waals surface area contributed by atoms with Gasteiger partial charge in [0, 0.05) is 23.3 Å². The largest absolute Gasteiger partial charge is 0.0715 e. The molecule has 0 saturated carbocycles. The van der Waals surface area contributed by atoms with Crippen LogP contribution in [0.2, 0.25) is 65.5 Å². The highest BCUT2D eigenvalue weighted by atomic mass is 29.3. The Kier molecular flexibility index (Phi) is 6.11. The summed E-state index contributed by atoms with van der Waals surface area (Å²) in [5.41, 5.74) is 0. The molecule has 13 heavy (non-hydrogen) atoms. The second-order valence-corrected chi connectivity index (χ2v) is 31.5. The standard InChI is InChI=1S/C6H18Si2.C4H12Si/c1-7(2,3)8(4,5)6;1-5(2,3)4/h1-6H3;1-4H3. The van der Waals surface area contributed by atoms with Crippen LogP contribution in [-0.4, -0.2) is 23.3 Å². The highest BCUT2D eigenvalue weighted by Gasteiger charge is 2.31. The van der Waals surface area contributed by atoms with Crippen molar-refractivity contribution in [2.45, 2.75) is 65.5 Å². The number of rotatable bonds is 1. The molecule has 0 aromatic carbocycles. The monoisotopic (exact) mass is 234 g/mol. The highest BCUT2D eigenvalue weighted by molar-refractivity contribution is 7.39. The Morgan fingerprint density at radius 3 is 0.462 bits per heavy atom. The Morgan fingerprint density at radius 2 is 0.462 bits per heavy atom. The summed E-state index contributed by atoms with van der Waals surface area (Å²) in [4.78, 5) is 0. The van der Waals surface area contributed by atoms with Crippen LogP contribution < -0.4 is 0 Å². The minimum Gasteiger partial charge on any atom is -0.0715 e. The summed E-state index contributed by atoms with van der Waals surface area (Å²) in [6.45, 7) is 24.1. The van der Waals surface area contributed by atoms with E-state index in [2.05, 4.69) is 65.5 Å². The maximum atomic E-state index is 2.47. The van der Waals surface area contributed by atoms with Gasteiger partial charge < -0.3 is 0 Å². The fourth-order valence-corrected chi connectivity index (χ4v) is 0. The van der Waals surface area contributed by atoms with Crippen molar-refractivity contribution in [3.05, 3.63) is 0 Å². The zero-order chi connectivity index (χ0) is 11.5. The quantitative estimate of drug-likeness (QED) is 0.577. The van der Waals surface area contributed by atoms with Gasteiger partial charge in [-0.05, 0) is 0 Å². The van der Waals surface area contributed by atoms with Gasteiger partial charge in [0.25, 0.3) is 0 Å². The molecular weight excluding hydrogens is 204 g/mol. The summed E-state index contributed by atoms with van der Waals surface area (Å²) in [6, 6.07) is 0. The molecule has 0 nitrogen and oxygen atoms in total. The maximum Gasteiger partial charge on any atom is 0.0411 e. The van der Waals surface area contributed by atoms with Gasteiger partial charge in [-0.1, -0.05) is 65.5 Å². The van der Waals surface area contributed by atoms with E-state index in [1.54, 1.807) is 0 Å². The predicted molar refractivity (Wildman–Crippen MR) is 75.9 cm³/mol. The van der Waals surface area contributed by atoms with Gasteiger partial charge in [0.2, 0.25) is 0 Å². The van der Waals surface area contributed by atoms with E-state index < -0.39 is 23.3 Å². The minimum absolute atomic E-state index is 0.611. The Balaban J connectivity index is 0. The smallest absolute Gasteiger partial charge is 0.0411 e. The lowest BCUT2D eigenvalue weighted by Crippen LogP contribution is -2.49. The Bertz CT molecular complexity index is 114. The molecule has 0 atom stereocenters. The first-order valence-electron chi connectivity index (χ1n) is 5.25. The number of hydrogen-bond acceptors (Lipinski definition) is 0. The normalized spacial score (nSPS) is 13.4. The summed E-state index contributed by atoms with van der Waals surface area (Å²) in [7, 11) is -2.05. The number of hydrogen-bond donors (Lipinski definition) is 0. The zero-order valence-corrected chi connectivity index (χ0v) is 14.5. The zero-order valence-electron chi connectivity index (χ0n) is 11.5. The van der Waals surface area contributed by atoms with E-state index >= 15 is 0 Å². The van der Waals surface area contributed by atoms with Gasteiger partial charge in [0.05, 0.1) is 0 Å². The molecule has 0 rings (SSSR count). The van der Waals surface area contributed by atoms with Gasteiger partial charge in [0.15, 0.2) is 0 Å². The molecule has 3 heteroatoms. The molecule has 0 aromatic heterocycles. The van der Waals surface area contributed by atoms with Gasteiger partial charge >= 0.3 is 0 Å². The van der Waals surface area contributed by atoms with Crippen molar-refractivity contribution in [2.24, 2.45) is 0 Å². The summed E-state index contributed by atoms with van der Waals surface area (Å²) in [6.07, 6.45) is 0. The Hall–Kier alpha value is 0.651. The Labute approximate surface area is 89.0 Å². The van der Waals surface area contributed by atoms with Crippen LogP contribution in [0.5, 0.6) is 0 Å². The lowest BCUT2D eigenvalue weighted by Gasteiger charge is -2.30. The van der Waals surface area contributed by atoms with Crippen LogP contribution >= 0.6 is 0 Å². The van der Waals surface area contributed by atoms with Gasteiger partial charge in [-0.25, -0.2) is 0 Å². The first-order valence-corrected chi connectivity index (χ1v) is 17.2. The van der Waals surface area contributed by atoms with Crippen LogP contribution in [0.4, 0.5) is 0 Å². The molecule has 0 amide bonds. The van der Waals surface area contributed by atoms with E-state index in [1.165, 1.54) is 0 Å². The van der Waals surface area contributed by atoms with Crippen LogP contribution in [0.3, 0.4) is 0 Å². The van der Waals surface area contributed by atoms with E-state index in [9.17, 15) is 0 Å². The highest BCUT2D eigenvalue weighted by Crippen LogP contribution is 2.16. The van der Waals surface area contributed by atoms with Crippen LogP contribution in [-0.2, 0) is 0 Å². The topological polar surface area (TPSA) is 0 Å². The van der Waals surface area contributed by atoms with Crippen molar-refractivity contribution < 1.29 is 0 Å². The lowest BCUT2D eigenvalue weighted by atomic mass is 11.8. The van der Waals surface area contributed by atoms with E-state index in [4.69, 9.17) is 0 Å². The second-order valence-electron chi connectivity index (χ2n) is 7.50. The van der Waals surface area contributed by atoms with Crippen molar-refractivity contribution in [2.75, 3.05) is 0 Å². The predicted octanol–water partition coefficient (Wildman–Crippen LogP) is 4.70. The molecule has 0 unspecified atom stereocenters. The molecule has 0 aliphatic heterocycles. The van der Waals surface area contributed by atoms with Crippen LogP contribution in [0.25, 0.3) is 0 Å². The van der Waals surface area contributed by atoms with Crippen molar-refractivity contribution in [1.82, 2.24) is 0 Å². The fourth-order valence-electron chi connectivity index (χ4n) is 0. The third kappa shape index (κ3) is 15.4. The maximum absolute atomic E-state index is 2.47. The molecule has 0 saturated heterocycles. The summed E-state index contributed by atoms with van der Waals surface area (Å²) in [5.74, 6) is 0. The van der Waals surface area contributed by atoms with Crippen LogP contribution in [0, 0.1) is 0 Å². The van der Waals surface area contributed by atoms with Crippen LogP contribution in [0.15, 0.2) is 0 Å². The third-order valence-corrected chi connectivity index (χ3v) is 20.2. The molecule has 0 aliphatic carbocycles. The Morgan fingerprint density at radius 1 is 0.385 bits per heavy atom. The van der Waals surface area contributed by atoms with Gasteiger partial charge in [0.1, 0.15) is 0 Å². The van der Waals surface area contributed by atoms with E-state index in [-0.39, 0.29) is 0 Å². The summed E-state index contributed by atoms with van der Waals surface area (Å²) in [5, 5.41) is 0. The fraction of sp³-hybridized carbons (Fsp3) is 1.00. The molecule has 0 spiro atoms. The third-order valence-electron chi connectivity index (χ3n) is 2.25. The van der Waals surface area contributed by atoms with Crippen molar-refractivity contribution in [3.63, 3.8) is 0 Å². The van der Waals surface area contributed by atoms with E-state index in [0.29, 0.717) is 0 Å². The minimum atomic E-state index is -0.720. The molecule has 0 fully saturated rings. The molecule has 82 valence electrons. The summed E-state index contributed by atoms with van der Waals surface area (Å²) < 4.78 is 0. The molecule has 0 bridgehead atoms. The van der Waals surface area contributed by atoms with Gasteiger partial charge in [-0.3, -0.25) is 0 Å². The summed E-state index contributed by atoms with van der Waals surface area (Å²) >= 11 is 0. The molecule has 0 aromatic rings. The average molecular weight is 235 g/mol. The molecule has 0 N–H and O–H groups in total. The molecule has 0 radical (unpaired) electrons. The lowest BCUT2D eigenvalue weighted by molar-refractivity contribution is 1.71. The SMILES string of the molecule is C[Si](C)(C)C.C[Si](C)(C)[Si](C)(C)C. The van der Waals surface area contributed by atoms with Gasteiger partial charge in [-0.15, -0.1) is 0 Å². The molecule has 0 heterocycles. The first-order chi connectivity index (χ1) is 5.25. The first kappa shape index (κ1) is 16.1. The van der Waals surface area contributed by atoms with Crippen molar-refractivity contribution in [3.8, 4) is 0 Å². The molecular formula is C10H30Si3. The van der Waals surface area contributed by atoms with E-state index in [0.717, 1.165) is 0 Å². The van der Waals surface area contributed by atoms with E-state index in [1.807, 2.05) is 0 Å². The average Bonchev–Trinajstić information content (AvgIpc) is 1.50. The van der Waals surface area contributed by atoms with Crippen LogP contribution in [0.1, 0.15) is 0 Å². The molecule has 0 aliphatic rings. The van der Waals surface area contributed by atoms with Crippen molar-refractivity contribution in [1.29, 1.82) is 0 Å². The van der Waals surface area contributed by atoms with Gasteiger partial charge in [-0.2, -0.15) is 0 Å².